The molecule has 0 aliphatic rings. The van der Waals surface area contributed by atoms with Crippen LogP contribution in [-0.2, 0) is 0 Å². The molecule has 8 aromatic carbocycles. The Kier molecular flexibility index (Phi) is 7.93. The summed E-state index contributed by atoms with van der Waals surface area (Å²) in [6.45, 7) is 10.5. The van der Waals surface area contributed by atoms with Crippen LogP contribution in [0.1, 0.15) is 18.1 Å². The van der Waals surface area contributed by atoms with Crippen LogP contribution in [0.2, 0.25) is 0 Å². The van der Waals surface area contributed by atoms with Gasteiger partial charge in [0.15, 0.2) is 0 Å². The first kappa shape index (κ1) is 32.1. The lowest BCUT2D eigenvalue weighted by atomic mass is 9.88. The van der Waals surface area contributed by atoms with Crippen molar-refractivity contribution in [3.05, 3.63) is 182 Å². The molecule has 0 aliphatic carbocycles. The monoisotopic (exact) mass is 682 g/mol. The molecule has 0 spiro atoms. The molecular formula is C49H38N4. The van der Waals surface area contributed by atoms with Crippen LogP contribution in [0.15, 0.2) is 176 Å². The van der Waals surface area contributed by atoms with Crippen molar-refractivity contribution < 1.29 is 0 Å². The number of aromatic nitrogens is 1. The number of hydrogen-bond acceptors (Lipinski definition) is 3. The van der Waals surface area contributed by atoms with E-state index in [2.05, 4.69) is 170 Å². The molecule has 0 bridgehead atoms. The fourth-order valence-corrected chi connectivity index (χ4v) is 8.13. The van der Waals surface area contributed by atoms with Gasteiger partial charge in [0.1, 0.15) is 11.7 Å². The summed E-state index contributed by atoms with van der Waals surface area (Å²) in [5, 5.41) is 12.0. The van der Waals surface area contributed by atoms with Gasteiger partial charge in [-0.05, 0) is 107 Å². The summed E-state index contributed by atoms with van der Waals surface area (Å²) < 4.78 is 0. The molecule has 0 saturated carbocycles. The van der Waals surface area contributed by atoms with E-state index >= 15 is 0 Å². The number of rotatable bonds is 7. The second-order valence-electron chi connectivity index (χ2n) is 13.5. The Hall–Kier alpha value is -6.78. The molecule has 0 N–H and O–H groups in total. The van der Waals surface area contributed by atoms with E-state index in [9.17, 15) is 0 Å². The lowest BCUT2D eigenvalue weighted by Gasteiger charge is -2.30. The Morgan fingerprint density at radius 3 is 1.74 bits per heavy atom. The fourth-order valence-electron chi connectivity index (χ4n) is 8.13. The van der Waals surface area contributed by atoms with Crippen molar-refractivity contribution in [1.82, 2.24) is 4.98 Å². The van der Waals surface area contributed by atoms with E-state index in [4.69, 9.17) is 9.98 Å². The van der Waals surface area contributed by atoms with Gasteiger partial charge in [-0.15, -0.1) is 0 Å². The smallest absolute Gasteiger partial charge is 0.137 e. The van der Waals surface area contributed by atoms with Gasteiger partial charge in [-0.2, -0.15) is 0 Å². The molecular weight excluding hydrogens is 645 g/mol. The van der Waals surface area contributed by atoms with E-state index in [-0.39, 0.29) is 0 Å². The van der Waals surface area contributed by atoms with Gasteiger partial charge in [-0.1, -0.05) is 116 Å². The first-order chi connectivity index (χ1) is 26.1. The molecule has 4 nitrogen and oxygen atoms in total. The number of fused-ring (bicyclic) bond motifs is 2. The number of hydrogen-bond donors (Lipinski definition) is 0. The molecule has 254 valence electrons. The van der Waals surface area contributed by atoms with Crippen LogP contribution in [0.3, 0.4) is 0 Å². The minimum atomic E-state index is 0.794. The SMILES string of the molecule is C=CN=C(/C=C\C)N(c1cccc2ccccc12)c1cc(C)c2ccc3c(N(c4ccccn4)c4cccc5ccccc45)cc(C)c4ccc1c2c43. The minimum Gasteiger partial charge on any atom is -0.294 e. The summed E-state index contributed by atoms with van der Waals surface area (Å²) in [7, 11) is 0. The standard InChI is InChI=1S/C49H38N4/c1-5-15-46(50-6-2)52(42-22-13-18-34-16-7-9-20-38(34)42)44-30-32(3)36-26-28-41-45(31-33(4)37-25-27-40(44)48(36)49(37)41)53(47-24-11-12-29-51-47)43-23-14-19-35-17-8-10-21-39(35)43/h5-31H,2H2,1,3-4H3/b15-5-,50-46?. The summed E-state index contributed by atoms with van der Waals surface area (Å²) in [5.41, 5.74) is 6.72. The van der Waals surface area contributed by atoms with E-state index in [1.807, 2.05) is 25.3 Å². The zero-order chi connectivity index (χ0) is 36.1. The van der Waals surface area contributed by atoms with Crippen molar-refractivity contribution in [3.8, 4) is 0 Å². The second-order valence-corrected chi connectivity index (χ2v) is 13.5. The predicted octanol–water partition coefficient (Wildman–Crippen LogP) is 13.6. The molecule has 1 aromatic heterocycles. The lowest BCUT2D eigenvalue weighted by molar-refractivity contribution is 1.19. The van der Waals surface area contributed by atoms with Crippen LogP contribution in [-0.4, -0.2) is 10.8 Å². The molecule has 0 fully saturated rings. The van der Waals surface area contributed by atoms with Gasteiger partial charge in [0, 0.05) is 33.9 Å². The topological polar surface area (TPSA) is 31.7 Å². The number of aliphatic imine (C=N–C) groups is 1. The third kappa shape index (κ3) is 5.22. The van der Waals surface area contributed by atoms with Crippen LogP contribution in [0.25, 0.3) is 53.9 Å². The van der Waals surface area contributed by atoms with Crippen LogP contribution < -0.4 is 9.80 Å². The molecule has 0 radical (unpaired) electrons. The fraction of sp³-hybridized carbons (Fsp3) is 0.0612. The Labute approximate surface area is 309 Å². The maximum atomic E-state index is 4.93. The Balaban J connectivity index is 1.39. The van der Waals surface area contributed by atoms with Crippen LogP contribution in [0, 0.1) is 13.8 Å². The van der Waals surface area contributed by atoms with Crippen molar-refractivity contribution >= 4 is 88.3 Å². The molecule has 9 aromatic rings. The Bertz CT molecular complexity index is 2890. The molecule has 0 atom stereocenters. The van der Waals surface area contributed by atoms with Gasteiger partial charge in [0.25, 0.3) is 0 Å². The van der Waals surface area contributed by atoms with E-state index < -0.39 is 0 Å². The first-order valence-electron chi connectivity index (χ1n) is 18.1. The first-order valence-corrected chi connectivity index (χ1v) is 18.1. The normalized spacial score (nSPS) is 12.2. The Morgan fingerprint density at radius 2 is 1.11 bits per heavy atom. The summed E-state index contributed by atoms with van der Waals surface area (Å²) in [4.78, 5) is 14.4. The van der Waals surface area contributed by atoms with Crippen molar-refractivity contribution in [2.75, 3.05) is 9.80 Å². The minimum absolute atomic E-state index is 0.794. The van der Waals surface area contributed by atoms with Crippen molar-refractivity contribution in [1.29, 1.82) is 0 Å². The van der Waals surface area contributed by atoms with Gasteiger partial charge in [-0.3, -0.25) is 9.80 Å². The largest absolute Gasteiger partial charge is 0.294 e. The predicted molar refractivity (Wildman–Crippen MR) is 228 cm³/mol. The molecule has 0 saturated heterocycles. The molecule has 0 aliphatic heterocycles. The molecule has 9 rings (SSSR count). The third-order valence-corrected chi connectivity index (χ3v) is 10.4. The quantitative estimate of drug-likeness (QED) is 0.0952. The zero-order valence-electron chi connectivity index (χ0n) is 30.1. The summed E-state index contributed by atoms with van der Waals surface area (Å²) in [5.74, 6) is 1.66. The van der Waals surface area contributed by atoms with Crippen LogP contribution in [0.5, 0.6) is 0 Å². The highest BCUT2D eigenvalue weighted by Crippen LogP contribution is 2.49. The summed E-state index contributed by atoms with van der Waals surface area (Å²) in [6, 6.07) is 50.1. The van der Waals surface area contributed by atoms with E-state index in [0.717, 1.165) is 45.2 Å². The Morgan fingerprint density at radius 1 is 0.566 bits per heavy atom. The molecule has 53 heavy (non-hydrogen) atoms. The highest BCUT2D eigenvalue weighted by Gasteiger charge is 2.25. The van der Waals surface area contributed by atoms with Gasteiger partial charge >= 0.3 is 0 Å². The average Bonchev–Trinajstić information content (AvgIpc) is 3.19. The molecule has 4 heteroatoms. The lowest BCUT2D eigenvalue weighted by Crippen LogP contribution is -2.25. The number of aryl methyl sites for hydroxylation is 2. The zero-order valence-corrected chi connectivity index (χ0v) is 30.1. The highest BCUT2D eigenvalue weighted by molar-refractivity contribution is 6.31. The van der Waals surface area contributed by atoms with Gasteiger partial charge < -0.3 is 0 Å². The second kappa shape index (κ2) is 13.1. The maximum absolute atomic E-state index is 4.93. The number of nitrogens with zero attached hydrogens (tertiary/aromatic N) is 4. The van der Waals surface area contributed by atoms with Crippen molar-refractivity contribution in [2.45, 2.75) is 20.8 Å². The third-order valence-electron chi connectivity index (χ3n) is 10.4. The number of amidine groups is 1. The molecule has 0 amide bonds. The van der Waals surface area contributed by atoms with Gasteiger partial charge in [0.2, 0.25) is 0 Å². The van der Waals surface area contributed by atoms with E-state index in [1.54, 1.807) is 6.20 Å². The number of anilines is 5. The summed E-state index contributed by atoms with van der Waals surface area (Å²) >= 11 is 0. The average molecular weight is 683 g/mol. The van der Waals surface area contributed by atoms with Crippen molar-refractivity contribution in [2.24, 2.45) is 4.99 Å². The van der Waals surface area contributed by atoms with Crippen molar-refractivity contribution in [3.63, 3.8) is 0 Å². The summed E-state index contributed by atoms with van der Waals surface area (Å²) in [6.07, 6.45) is 7.61. The maximum Gasteiger partial charge on any atom is 0.137 e. The van der Waals surface area contributed by atoms with E-state index in [0.29, 0.717) is 0 Å². The van der Waals surface area contributed by atoms with Gasteiger partial charge in [-0.25, -0.2) is 9.98 Å². The molecule has 1 heterocycles. The van der Waals surface area contributed by atoms with E-state index in [1.165, 1.54) is 54.2 Å². The van der Waals surface area contributed by atoms with Gasteiger partial charge in [0.05, 0.1) is 22.7 Å². The van der Waals surface area contributed by atoms with Crippen LogP contribution in [0.4, 0.5) is 28.6 Å². The number of allylic oxidation sites excluding steroid dienone is 1. The number of benzene rings is 8. The van der Waals surface area contributed by atoms with Crippen LogP contribution >= 0.6 is 0 Å². The number of pyridine rings is 1. The molecule has 0 unspecified atom stereocenters. The highest BCUT2D eigenvalue weighted by atomic mass is 15.2.